The van der Waals surface area contributed by atoms with Crippen LogP contribution in [0.2, 0.25) is 0 Å². The van der Waals surface area contributed by atoms with E-state index in [2.05, 4.69) is 22.9 Å². The number of rotatable bonds is 4. The summed E-state index contributed by atoms with van der Waals surface area (Å²) in [7, 11) is 0. The van der Waals surface area contributed by atoms with Gasteiger partial charge in [-0.05, 0) is 49.9 Å². The SMILES string of the molecule is C[C@@H]1NCCC[C@H]1NCc1ccc2c(c1)C(=O)N(C1CCC(=O)NC1=O)C2. The van der Waals surface area contributed by atoms with E-state index in [1.807, 2.05) is 18.2 Å². The quantitative estimate of drug-likeness (QED) is 0.678. The summed E-state index contributed by atoms with van der Waals surface area (Å²) in [5.74, 6) is -0.748. The molecule has 144 valence electrons. The van der Waals surface area contributed by atoms with Gasteiger partial charge in [-0.3, -0.25) is 19.7 Å². The Morgan fingerprint density at radius 1 is 1.22 bits per heavy atom. The van der Waals surface area contributed by atoms with Gasteiger partial charge in [0.15, 0.2) is 0 Å². The molecule has 3 aliphatic heterocycles. The summed E-state index contributed by atoms with van der Waals surface area (Å²) in [4.78, 5) is 37.9. The summed E-state index contributed by atoms with van der Waals surface area (Å²) in [5, 5.41) is 9.41. The monoisotopic (exact) mass is 370 g/mol. The molecular formula is C20H26N4O3. The van der Waals surface area contributed by atoms with Crippen molar-refractivity contribution in [2.24, 2.45) is 0 Å². The van der Waals surface area contributed by atoms with Gasteiger partial charge in [0.2, 0.25) is 11.8 Å². The molecule has 3 amide bonds. The van der Waals surface area contributed by atoms with Crippen LogP contribution >= 0.6 is 0 Å². The van der Waals surface area contributed by atoms with Crippen molar-refractivity contribution in [3.05, 3.63) is 34.9 Å². The summed E-state index contributed by atoms with van der Waals surface area (Å²) in [5.41, 5.74) is 2.69. The molecule has 1 aromatic carbocycles. The molecule has 0 aliphatic carbocycles. The molecule has 3 aliphatic rings. The van der Waals surface area contributed by atoms with Crippen molar-refractivity contribution in [3.63, 3.8) is 0 Å². The van der Waals surface area contributed by atoms with Crippen LogP contribution < -0.4 is 16.0 Å². The molecule has 1 aromatic rings. The minimum atomic E-state index is -0.557. The highest BCUT2D eigenvalue weighted by Crippen LogP contribution is 2.28. The smallest absolute Gasteiger partial charge is 0.255 e. The standard InChI is InChI=1S/C20H26N4O3/c1-12-16(3-2-8-21-12)22-10-13-4-5-14-11-24(20(27)15(14)9-13)17-6-7-18(25)23-19(17)26/h4-5,9,12,16-17,21-22H,2-3,6-8,10-11H2,1H3,(H,23,25,26)/t12-,16+,17?/m0/s1. The van der Waals surface area contributed by atoms with Crippen molar-refractivity contribution in [1.29, 1.82) is 0 Å². The predicted octanol–water partition coefficient (Wildman–Crippen LogP) is 0.678. The molecule has 1 unspecified atom stereocenters. The van der Waals surface area contributed by atoms with E-state index < -0.39 is 6.04 Å². The summed E-state index contributed by atoms with van der Waals surface area (Å²) >= 11 is 0. The number of hydrogen-bond donors (Lipinski definition) is 3. The Hall–Kier alpha value is -2.25. The highest BCUT2D eigenvalue weighted by atomic mass is 16.2. The minimum absolute atomic E-state index is 0.117. The molecule has 0 radical (unpaired) electrons. The lowest BCUT2D eigenvalue weighted by atomic mass is 9.99. The fourth-order valence-electron chi connectivity index (χ4n) is 4.28. The van der Waals surface area contributed by atoms with Crippen molar-refractivity contribution in [1.82, 2.24) is 20.9 Å². The molecule has 0 bridgehead atoms. The van der Waals surface area contributed by atoms with Crippen LogP contribution in [0.4, 0.5) is 0 Å². The zero-order valence-corrected chi connectivity index (χ0v) is 15.6. The Morgan fingerprint density at radius 2 is 2.07 bits per heavy atom. The molecule has 0 aromatic heterocycles. The van der Waals surface area contributed by atoms with Crippen LogP contribution in [0.15, 0.2) is 18.2 Å². The second-order valence-electron chi connectivity index (χ2n) is 7.76. The zero-order chi connectivity index (χ0) is 19.0. The first kappa shape index (κ1) is 18.1. The molecular weight excluding hydrogens is 344 g/mol. The second-order valence-corrected chi connectivity index (χ2v) is 7.76. The number of carbonyl (C=O) groups excluding carboxylic acids is 3. The van der Waals surface area contributed by atoms with E-state index in [0.29, 0.717) is 30.6 Å². The number of hydrogen-bond acceptors (Lipinski definition) is 5. The Balaban J connectivity index is 1.43. The molecule has 0 saturated carbocycles. The second kappa shape index (κ2) is 7.40. The fourth-order valence-corrected chi connectivity index (χ4v) is 4.28. The lowest BCUT2D eigenvalue weighted by Crippen LogP contribution is -2.52. The maximum atomic E-state index is 12.9. The van der Waals surface area contributed by atoms with Crippen LogP contribution in [0.1, 0.15) is 54.1 Å². The lowest BCUT2D eigenvalue weighted by Gasteiger charge is -2.30. The number of imide groups is 1. The van der Waals surface area contributed by atoms with E-state index in [1.54, 1.807) is 4.90 Å². The molecule has 3 heterocycles. The van der Waals surface area contributed by atoms with E-state index >= 15 is 0 Å². The Bertz CT molecular complexity index is 778. The van der Waals surface area contributed by atoms with Crippen LogP contribution in [0.25, 0.3) is 0 Å². The minimum Gasteiger partial charge on any atom is -0.322 e. The van der Waals surface area contributed by atoms with Crippen LogP contribution in [0, 0.1) is 0 Å². The lowest BCUT2D eigenvalue weighted by molar-refractivity contribution is -0.136. The van der Waals surface area contributed by atoms with Gasteiger partial charge in [-0.1, -0.05) is 12.1 Å². The Morgan fingerprint density at radius 3 is 2.85 bits per heavy atom. The van der Waals surface area contributed by atoms with E-state index in [-0.39, 0.29) is 24.1 Å². The molecule has 27 heavy (non-hydrogen) atoms. The van der Waals surface area contributed by atoms with E-state index in [0.717, 1.165) is 30.6 Å². The highest BCUT2D eigenvalue weighted by molar-refractivity contribution is 6.05. The van der Waals surface area contributed by atoms with Gasteiger partial charge in [0, 0.05) is 37.2 Å². The van der Waals surface area contributed by atoms with Gasteiger partial charge in [0.1, 0.15) is 6.04 Å². The first-order valence-corrected chi connectivity index (χ1v) is 9.76. The number of amides is 3. The largest absolute Gasteiger partial charge is 0.322 e. The molecule has 3 N–H and O–H groups in total. The normalized spacial score (nSPS) is 28.3. The van der Waals surface area contributed by atoms with Gasteiger partial charge in [0.05, 0.1) is 0 Å². The number of nitrogens with one attached hydrogen (secondary N) is 3. The number of carbonyl (C=O) groups is 3. The number of piperidine rings is 2. The van der Waals surface area contributed by atoms with Crippen LogP contribution in [-0.4, -0.2) is 47.3 Å². The van der Waals surface area contributed by atoms with Gasteiger partial charge < -0.3 is 15.5 Å². The Kier molecular flexibility index (Phi) is 4.97. The summed E-state index contributed by atoms with van der Waals surface area (Å²) < 4.78 is 0. The molecule has 3 atom stereocenters. The molecule has 7 nitrogen and oxygen atoms in total. The van der Waals surface area contributed by atoms with E-state index in [9.17, 15) is 14.4 Å². The number of benzene rings is 1. The van der Waals surface area contributed by atoms with Crippen molar-refractivity contribution in [3.8, 4) is 0 Å². The van der Waals surface area contributed by atoms with Gasteiger partial charge in [-0.15, -0.1) is 0 Å². The third-order valence-electron chi connectivity index (χ3n) is 5.92. The van der Waals surface area contributed by atoms with Crippen molar-refractivity contribution >= 4 is 17.7 Å². The zero-order valence-electron chi connectivity index (χ0n) is 15.6. The molecule has 2 saturated heterocycles. The van der Waals surface area contributed by atoms with E-state index in [4.69, 9.17) is 0 Å². The van der Waals surface area contributed by atoms with Crippen LogP contribution in [0.3, 0.4) is 0 Å². The Labute approximate surface area is 158 Å². The van der Waals surface area contributed by atoms with Crippen LogP contribution in [0.5, 0.6) is 0 Å². The summed E-state index contributed by atoms with van der Waals surface area (Å²) in [6, 6.07) is 6.29. The maximum absolute atomic E-state index is 12.9. The topological polar surface area (TPSA) is 90.5 Å². The van der Waals surface area contributed by atoms with E-state index in [1.165, 1.54) is 6.42 Å². The molecule has 7 heteroatoms. The summed E-state index contributed by atoms with van der Waals surface area (Å²) in [6.07, 6.45) is 3.00. The van der Waals surface area contributed by atoms with Crippen molar-refractivity contribution in [2.45, 2.75) is 63.8 Å². The first-order valence-electron chi connectivity index (χ1n) is 9.76. The highest BCUT2D eigenvalue weighted by Gasteiger charge is 2.39. The molecule has 0 spiro atoms. The average Bonchev–Trinajstić information content (AvgIpc) is 2.97. The van der Waals surface area contributed by atoms with Crippen molar-refractivity contribution < 1.29 is 14.4 Å². The van der Waals surface area contributed by atoms with Gasteiger partial charge >= 0.3 is 0 Å². The molecule has 4 rings (SSSR count). The van der Waals surface area contributed by atoms with Gasteiger partial charge in [0.25, 0.3) is 5.91 Å². The first-order chi connectivity index (χ1) is 13.0. The number of fused-ring (bicyclic) bond motifs is 1. The van der Waals surface area contributed by atoms with Gasteiger partial charge in [-0.2, -0.15) is 0 Å². The fraction of sp³-hybridized carbons (Fsp3) is 0.550. The third kappa shape index (κ3) is 3.61. The third-order valence-corrected chi connectivity index (χ3v) is 5.92. The predicted molar refractivity (Wildman–Crippen MR) is 99.8 cm³/mol. The molecule has 2 fully saturated rings. The average molecular weight is 370 g/mol. The van der Waals surface area contributed by atoms with Gasteiger partial charge in [-0.25, -0.2) is 0 Å². The van der Waals surface area contributed by atoms with Crippen molar-refractivity contribution in [2.75, 3.05) is 6.54 Å². The maximum Gasteiger partial charge on any atom is 0.255 e. The number of nitrogens with zero attached hydrogens (tertiary/aromatic N) is 1. The van der Waals surface area contributed by atoms with Crippen LogP contribution in [-0.2, 0) is 22.7 Å². The summed E-state index contributed by atoms with van der Waals surface area (Å²) in [6.45, 7) is 4.41.